The number of halogens is 2. The van der Waals surface area contributed by atoms with Gasteiger partial charge in [0.25, 0.3) is 0 Å². The molecule has 3 rings (SSSR count). The molecule has 116 valence electrons. The highest BCUT2D eigenvalue weighted by Crippen LogP contribution is 2.32. The number of nitrogens with one attached hydrogen (secondary N) is 1. The highest BCUT2D eigenvalue weighted by Gasteiger charge is 2.24. The van der Waals surface area contributed by atoms with Crippen LogP contribution in [0, 0.1) is 6.92 Å². The fourth-order valence-corrected chi connectivity index (χ4v) is 3.67. The van der Waals surface area contributed by atoms with Crippen molar-refractivity contribution in [1.29, 1.82) is 0 Å². The van der Waals surface area contributed by atoms with Crippen LogP contribution in [0.15, 0.2) is 41.8 Å². The molecule has 0 saturated carbocycles. The number of hydrogen-bond acceptors (Lipinski definition) is 3. The Kier molecular flexibility index (Phi) is 7.71. The summed E-state index contributed by atoms with van der Waals surface area (Å²) in [6.07, 6.45) is 0. The van der Waals surface area contributed by atoms with Crippen LogP contribution in [0.3, 0.4) is 0 Å². The Morgan fingerprint density at radius 3 is 2.48 bits per heavy atom. The van der Waals surface area contributed by atoms with E-state index in [1.165, 1.54) is 16.0 Å². The van der Waals surface area contributed by atoms with Crippen molar-refractivity contribution in [3.63, 3.8) is 0 Å². The van der Waals surface area contributed by atoms with Gasteiger partial charge in [-0.15, -0.1) is 36.2 Å². The fraction of sp³-hybridized carbons (Fsp3) is 0.375. The monoisotopic (exact) mass is 344 g/mol. The van der Waals surface area contributed by atoms with Crippen molar-refractivity contribution >= 4 is 36.2 Å². The van der Waals surface area contributed by atoms with Crippen molar-refractivity contribution in [1.82, 2.24) is 10.2 Å². The molecule has 1 N–H and O–H groups in total. The third kappa shape index (κ3) is 4.44. The predicted octanol–water partition coefficient (Wildman–Crippen LogP) is 3.89. The molecule has 2 nitrogen and oxygen atoms in total. The van der Waals surface area contributed by atoms with E-state index in [1.807, 2.05) is 11.3 Å². The Morgan fingerprint density at radius 2 is 1.86 bits per heavy atom. The second-order valence-electron chi connectivity index (χ2n) is 5.12. The van der Waals surface area contributed by atoms with E-state index in [9.17, 15) is 0 Å². The Labute approximate surface area is 143 Å². The van der Waals surface area contributed by atoms with Gasteiger partial charge in [0.1, 0.15) is 0 Å². The Morgan fingerprint density at radius 1 is 1.10 bits per heavy atom. The summed E-state index contributed by atoms with van der Waals surface area (Å²) in [6, 6.07) is 13.8. The van der Waals surface area contributed by atoms with E-state index < -0.39 is 0 Å². The van der Waals surface area contributed by atoms with E-state index in [0.717, 1.165) is 26.2 Å². The molecule has 1 aromatic carbocycles. The van der Waals surface area contributed by atoms with Gasteiger partial charge in [0, 0.05) is 31.1 Å². The van der Waals surface area contributed by atoms with Crippen molar-refractivity contribution in [3.05, 3.63) is 57.8 Å². The lowest BCUT2D eigenvalue weighted by Crippen LogP contribution is -2.45. The molecule has 1 fully saturated rings. The van der Waals surface area contributed by atoms with E-state index in [1.54, 1.807) is 0 Å². The Bertz CT molecular complexity index is 525. The highest BCUT2D eigenvalue weighted by molar-refractivity contribution is 7.10. The summed E-state index contributed by atoms with van der Waals surface area (Å²) in [7, 11) is 0. The van der Waals surface area contributed by atoms with Crippen LogP contribution in [-0.2, 0) is 0 Å². The summed E-state index contributed by atoms with van der Waals surface area (Å²) in [5.74, 6) is 0. The van der Waals surface area contributed by atoms with Gasteiger partial charge in [-0.05, 0) is 23.9 Å². The molecule has 2 heterocycles. The lowest BCUT2D eigenvalue weighted by atomic mass is 10.0. The zero-order chi connectivity index (χ0) is 13.1. The highest BCUT2D eigenvalue weighted by atomic mass is 35.5. The summed E-state index contributed by atoms with van der Waals surface area (Å²) in [5.41, 5.74) is 2.76. The number of thiophene rings is 1. The minimum atomic E-state index is 0. The molecule has 2 aromatic rings. The molecule has 1 aliphatic rings. The van der Waals surface area contributed by atoms with E-state index in [2.05, 4.69) is 58.9 Å². The van der Waals surface area contributed by atoms with Gasteiger partial charge in [-0.2, -0.15) is 0 Å². The first kappa shape index (κ1) is 18.5. The first-order valence-electron chi connectivity index (χ1n) is 6.89. The van der Waals surface area contributed by atoms with Crippen LogP contribution < -0.4 is 5.32 Å². The minimum Gasteiger partial charge on any atom is -0.314 e. The largest absolute Gasteiger partial charge is 0.314 e. The van der Waals surface area contributed by atoms with Crippen LogP contribution in [-0.4, -0.2) is 31.1 Å². The van der Waals surface area contributed by atoms with Crippen LogP contribution in [0.4, 0.5) is 0 Å². The van der Waals surface area contributed by atoms with Crippen molar-refractivity contribution < 1.29 is 0 Å². The van der Waals surface area contributed by atoms with Crippen LogP contribution >= 0.6 is 36.2 Å². The molecule has 0 aliphatic carbocycles. The van der Waals surface area contributed by atoms with E-state index in [4.69, 9.17) is 0 Å². The van der Waals surface area contributed by atoms with Crippen molar-refractivity contribution in [2.45, 2.75) is 13.0 Å². The van der Waals surface area contributed by atoms with Gasteiger partial charge in [-0.3, -0.25) is 4.90 Å². The maximum absolute atomic E-state index is 3.44. The Hall–Kier alpha value is -0.580. The molecule has 1 saturated heterocycles. The predicted molar refractivity (Wildman–Crippen MR) is 96.3 cm³/mol. The van der Waals surface area contributed by atoms with Gasteiger partial charge in [-0.25, -0.2) is 0 Å². The summed E-state index contributed by atoms with van der Waals surface area (Å²) < 4.78 is 0. The lowest BCUT2D eigenvalue weighted by molar-refractivity contribution is 0.200. The number of aryl methyl sites for hydroxylation is 1. The smallest absolute Gasteiger partial charge is 0.0697 e. The molecule has 1 aliphatic heterocycles. The van der Waals surface area contributed by atoms with E-state index >= 15 is 0 Å². The quantitative estimate of drug-likeness (QED) is 0.908. The average Bonchev–Trinajstić information content (AvgIpc) is 2.94. The van der Waals surface area contributed by atoms with E-state index in [0.29, 0.717) is 6.04 Å². The van der Waals surface area contributed by atoms with Crippen LogP contribution in [0.1, 0.15) is 22.0 Å². The molecule has 0 bridgehead atoms. The summed E-state index contributed by atoms with van der Waals surface area (Å²) in [6.45, 7) is 6.60. The lowest BCUT2D eigenvalue weighted by Gasteiger charge is -2.34. The first-order chi connectivity index (χ1) is 9.34. The van der Waals surface area contributed by atoms with Crippen LogP contribution in [0.5, 0.6) is 0 Å². The molecule has 1 atom stereocenters. The Balaban J connectivity index is 0.00000110. The summed E-state index contributed by atoms with van der Waals surface area (Å²) in [5, 5.41) is 5.62. The second-order valence-corrected chi connectivity index (χ2v) is 6.10. The molecular formula is C16H22Cl2N2S. The normalized spacial score (nSPS) is 16.6. The maximum Gasteiger partial charge on any atom is 0.0697 e. The number of hydrogen-bond donors (Lipinski definition) is 1. The van der Waals surface area contributed by atoms with Crippen molar-refractivity contribution in [2.24, 2.45) is 0 Å². The van der Waals surface area contributed by atoms with Gasteiger partial charge < -0.3 is 5.32 Å². The zero-order valence-electron chi connectivity index (χ0n) is 12.1. The van der Waals surface area contributed by atoms with Gasteiger partial charge >= 0.3 is 0 Å². The topological polar surface area (TPSA) is 15.3 Å². The SMILES string of the molecule is Cc1cccc([C@H](c2cccs2)N2CCNCC2)c1.Cl.Cl. The third-order valence-electron chi connectivity index (χ3n) is 3.69. The maximum atomic E-state index is 3.44. The van der Waals surface area contributed by atoms with Crippen molar-refractivity contribution in [3.8, 4) is 0 Å². The number of benzene rings is 1. The molecular weight excluding hydrogens is 323 g/mol. The van der Waals surface area contributed by atoms with Gasteiger partial charge in [0.05, 0.1) is 6.04 Å². The summed E-state index contributed by atoms with van der Waals surface area (Å²) >= 11 is 1.86. The zero-order valence-corrected chi connectivity index (χ0v) is 14.6. The molecule has 0 spiro atoms. The van der Waals surface area contributed by atoms with Gasteiger partial charge in [0.2, 0.25) is 0 Å². The molecule has 0 unspecified atom stereocenters. The van der Waals surface area contributed by atoms with Gasteiger partial charge in [0.15, 0.2) is 0 Å². The molecule has 0 radical (unpaired) electrons. The summed E-state index contributed by atoms with van der Waals surface area (Å²) in [4.78, 5) is 4.05. The second kappa shape index (κ2) is 8.76. The van der Waals surface area contributed by atoms with Crippen LogP contribution in [0.25, 0.3) is 0 Å². The number of piperazine rings is 1. The first-order valence-corrected chi connectivity index (χ1v) is 7.77. The third-order valence-corrected chi connectivity index (χ3v) is 4.61. The molecule has 0 amide bonds. The number of nitrogens with zero attached hydrogens (tertiary/aromatic N) is 1. The molecule has 5 heteroatoms. The van der Waals surface area contributed by atoms with Crippen molar-refractivity contribution in [2.75, 3.05) is 26.2 Å². The molecule has 1 aromatic heterocycles. The average molecular weight is 345 g/mol. The van der Waals surface area contributed by atoms with Gasteiger partial charge in [-0.1, -0.05) is 35.9 Å². The van der Waals surface area contributed by atoms with Crippen LogP contribution in [0.2, 0.25) is 0 Å². The fourth-order valence-electron chi connectivity index (χ4n) is 2.78. The van der Waals surface area contributed by atoms with E-state index in [-0.39, 0.29) is 24.8 Å². The minimum absolute atomic E-state index is 0. The standard InChI is InChI=1S/C16H20N2S.2ClH/c1-13-4-2-5-14(12-13)16(15-6-3-11-19-15)18-9-7-17-8-10-18;;/h2-6,11-12,16-17H,7-10H2,1H3;2*1H/t16-;;/m1../s1. The molecule has 21 heavy (non-hydrogen) atoms. The number of rotatable bonds is 3.